The molecule has 2 aromatic carbocycles. The van der Waals surface area contributed by atoms with Crippen molar-refractivity contribution in [2.45, 2.75) is 0 Å². The predicted octanol–water partition coefficient (Wildman–Crippen LogP) is 4.23. The Balaban J connectivity index is 1.71. The van der Waals surface area contributed by atoms with Gasteiger partial charge < -0.3 is 9.47 Å². The normalized spacial score (nSPS) is 12.6. The average molecular weight is 349 g/mol. The van der Waals surface area contributed by atoms with Crippen LogP contribution in [-0.4, -0.2) is 17.0 Å². The molecule has 1 aliphatic rings. The van der Waals surface area contributed by atoms with Crippen molar-refractivity contribution in [2.24, 2.45) is 0 Å². The van der Waals surface area contributed by atoms with Gasteiger partial charge in [-0.2, -0.15) is 5.10 Å². The Kier molecular flexibility index (Phi) is 2.93. The van der Waals surface area contributed by atoms with Crippen molar-refractivity contribution in [3.05, 3.63) is 53.0 Å². The number of rotatable bonds is 2. The van der Waals surface area contributed by atoms with Gasteiger partial charge in [-0.05, 0) is 36.4 Å². The van der Waals surface area contributed by atoms with Crippen LogP contribution in [-0.2, 0) is 0 Å². The van der Waals surface area contributed by atoms with Crippen molar-refractivity contribution in [3.63, 3.8) is 0 Å². The molecular weight excluding hydrogens is 338 g/mol. The molecule has 0 saturated carbocycles. The van der Waals surface area contributed by atoms with Crippen LogP contribution in [0.1, 0.15) is 0 Å². The Morgan fingerprint density at radius 1 is 0.952 bits per heavy atom. The van der Waals surface area contributed by atoms with E-state index in [1.54, 1.807) is 0 Å². The predicted molar refractivity (Wildman–Crippen MR) is 83.3 cm³/mol. The molecular formula is C16H11BrN2O2. The van der Waals surface area contributed by atoms with Crippen molar-refractivity contribution in [3.8, 4) is 34.0 Å². The Morgan fingerprint density at radius 2 is 1.86 bits per heavy atom. The molecule has 0 spiro atoms. The standard InChI is InChI=1S/C16H11BrN2O2/c17-12-3-1-2-10(6-12)13-8-14(19-18-13)11-4-5-15-16(7-11)21-9-20-15/h1-8H,9H2,(H,18,19)/i1+1,2+1,3+1,6+1,10+1,12+1. The topological polar surface area (TPSA) is 47.1 Å². The van der Waals surface area contributed by atoms with Gasteiger partial charge in [-0.15, -0.1) is 0 Å². The van der Waals surface area contributed by atoms with Crippen LogP contribution in [0.5, 0.6) is 11.5 Å². The first-order chi connectivity index (χ1) is 10.3. The summed E-state index contributed by atoms with van der Waals surface area (Å²) < 4.78 is 11.8. The van der Waals surface area contributed by atoms with Gasteiger partial charge in [0.1, 0.15) is 0 Å². The van der Waals surface area contributed by atoms with Gasteiger partial charge >= 0.3 is 0 Å². The summed E-state index contributed by atoms with van der Waals surface area (Å²) >= 11 is 3.48. The number of nitrogens with one attached hydrogen (secondary N) is 1. The molecule has 0 amide bonds. The minimum atomic E-state index is 0.283. The molecule has 0 bridgehead atoms. The second kappa shape index (κ2) is 4.93. The number of benzene rings is 2. The lowest BCUT2D eigenvalue weighted by molar-refractivity contribution is 0.174. The van der Waals surface area contributed by atoms with Crippen molar-refractivity contribution in [1.82, 2.24) is 10.2 Å². The van der Waals surface area contributed by atoms with Gasteiger partial charge in [0.15, 0.2) is 11.5 Å². The average Bonchev–Trinajstić information content (AvgIpc) is 3.15. The lowest BCUT2D eigenvalue weighted by Crippen LogP contribution is -1.92. The van der Waals surface area contributed by atoms with Gasteiger partial charge in [0.05, 0.1) is 11.4 Å². The third-order valence-corrected chi connectivity index (χ3v) is 3.88. The molecule has 4 rings (SSSR count). The van der Waals surface area contributed by atoms with E-state index in [9.17, 15) is 0 Å². The highest BCUT2D eigenvalue weighted by molar-refractivity contribution is 9.10. The minimum absolute atomic E-state index is 0.283. The number of fused-ring (bicyclic) bond motifs is 1. The van der Waals surface area contributed by atoms with E-state index in [0.717, 1.165) is 38.5 Å². The van der Waals surface area contributed by atoms with Crippen LogP contribution in [0.2, 0.25) is 0 Å². The summed E-state index contributed by atoms with van der Waals surface area (Å²) in [5.74, 6) is 1.55. The minimum Gasteiger partial charge on any atom is -0.454 e. The van der Waals surface area contributed by atoms with E-state index in [-0.39, 0.29) is 6.79 Å². The van der Waals surface area contributed by atoms with E-state index in [2.05, 4.69) is 26.1 Å². The summed E-state index contributed by atoms with van der Waals surface area (Å²) in [6.07, 6.45) is 0. The largest absolute Gasteiger partial charge is 0.454 e. The Bertz CT molecular complexity index is 814. The van der Waals surface area contributed by atoms with Gasteiger partial charge in [0.25, 0.3) is 0 Å². The van der Waals surface area contributed by atoms with Crippen molar-refractivity contribution < 1.29 is 9.47 Å². The van der Waals surface area contributed by atoms with Crippen molar-refractivity contribution in [2.75, 3.05) is 6.79 Å². The van der Waals surface area contributed by atoms with E-state index in [0.29, 0.717) is 0 Å². The highest BCUT2D eigenvalue weighted by Gasteiger charge is 2.15. The summed E-state index contributed by atoms with van der Waals surface area (Å²) in [5.41, 5.74) is 3.94. The summed E-state index contributed by atoms with van der Waals surface area (Å²) in [6, 6.07) is 16.0. The molecule has 104 valence electrons. The molecule has 0 fully saturated rings. The molecule has 0 saturated heterocycles. The number of H-pyrrole nitrogens is 1. The summed E-state index contributed by atoms with van der Waals surface area (Å²) in [4.78, 5) is 0. The highest BCUT2D eigenvalue weighted by atomic mass is 79.9. The maximum Gasteiger partial charge on any atom is 0.231 e. The third kappa shape index (κ3) is 2.29. The van der Waals surface area contributed by atoms with E-state index < -0.39 is 0 Å². The zero-order valence-electron chi connectivity index (χ0n) is 11.0. The van der Waals surface area contributed by atoms with E-state index in [1.165, 1.54) is 0 Å². The molecule has 1 N–H and O–H groups in total. The first-order valence-electron chi connectivity index (χ1n) is 6.51. The van der Waals surface area contributed by atoms with Crippen LogP contribution < -0.4 is 9.47 Å². The van der Waals surface area contributed by atoms with Crippen LogP contribution in [0.4, 0.5) is 0 Å². The fraction of sp³-hybridized carbons (Fsp3) is 0.0625. The van der Waals surface area contributed by atoms with Gasteiger partial charge in [0.2, 0.25) is 6.79 Å². The molecule has 0 radical (unpaired) electrons. The van der Waals surface area contributed by atoms with Gasteiger partial charge in [-0.3, -0.25) is 5.10 Å². The van der Waals surface area contributed by atoms with Crippen molar-refractivity contribution in [1.29, 1.82) is 0 Å². The zero-order valence-corrected chi connectivity index (χ0v) is 12.6. The smallest absolute Gasteiger partial charge is 0.231 e. The lowest BCUT2D eigenvalue weighted by Gasteiger charge is -1.99. The Morgan fingerprint density at radius 3 is 2.76 bits per heavy atom. The number of hydrogen-bond acceptors (Lipinski definition) is 3. The molecule has 4 nitrogen and oxygen atoms in total. The fourth-order valence-electron chi connectivity index (χ4n) is 2.33. The van der Waals surface area contributed by atoms with E-state index >= 15 is 0 Å². The Hall–Kier alpha value is -2.27. The molecule has 1 aromatic heterocycles. The van der Waals surface area contributed by atoms with Crippen LogP contribution in [0.3, 0.4) is 0 Å². The van der Waals surface area contributed by atoms with Gasteiger partial charge in [0, 0.05) is 15.6 Å². The molecule has 21 heavy (non-hydrogen) atoms. The second-order valence-electron chi connectivity index (χ2n) is 4.75. The number of halogens is 1. The number of hydrogen-bond donors (Lipinski definition) is 1. The van der Waals surface area contributed by atoms with E-state index in [1.807, 2.05) is 48.5 Å². The first-order valence-corrected chi connectivity index (χ1v) is 7.30. The maximum atomic E-state index is 5.41. The molecule has 1 aliphatic heterocycles. The summed E-state index contributed by atoms with van der Waals surface area (Å²) in [5, 5.41) is 7.45. The molecule has 5 heteroatoms. The number of aromatic amines is 1. The lowest BCUT2D eigenvalue weighted by atomic mass is 10.1. The Labute approximate surface area is 129 Å². The van der Waals surface area contributed by atoms with Crippen molar-refractivity contribution >= 4 is 15.9 Å². The van der Waals surface area contributed by atoms with Crippen LogP contribution in [0.25, 0.3) is 22.5 Å². The van der Waals surface area contributed by atoms with Gasteiger partial charge in [-0.1, -0.05) is 28.1 Å². The van der Waals surface area contributed by atoms with Gasteiger partial charge in [-0.25, -0.2) is 0 Å². The zero-order chi connectivity index (χ0) is 14.2. The molecule has 0 aliphatic carbocycles. The second-order valence-corrected chi connectivity index (χ2v) is 5.66. The summed E-state index contributed by atoms with van der Waals surface area (Å²) in [6.45, 7) is 0.283. The third-order valence-electron chi connectivity index (χ3n) is 3.38. The SMILES string of the molecule is Br[13c]1[13cH][13cH][13cH][13c](-c2cc(-c3ccc4c(c3)OCO4)[nH]n2)[13cH]1. The first kappa shape index (κ1) is 12.5. The van der Waals surface area contributed by atoms with Crippen LogP contribution >= 0.6 is 15.9 Å². The highest BCUT2D eigenvalue weighted by Crippen LogP contribution is 2.36. The molecule has 2 heterocycles. The summed E-state index contributed by atoms with van der Waals surface area (Å²) in [7, 11) is 0. The maximum absolute atomic E-state index is 5.41. The molecule has 0 unspecified atom stereocenters. The quantitative estimate of drug-likeness (QED) is 0.753. The van der Waals surface area contributed by atoms with Crippen LogP contribution in [0.15, 0.2) is 53.0 Å². The number of aromatic nitrogens is 2. The molecule has 0 atom stereocenters. The number of nitrogens with zero attached hydrogens (tertiary/aromatic N) is 1. The molecule has 3 aromatic rings. The van der Waals surface area contributed by atoms with E-state index in [4.69, 9.17) is 9.47 Å². The van der Waals surface area contributed by atoms with Crippen LogP contribution in [0, 0.1) is 0 Å². The fourth-order valence-corrected chi connectivity index (χ4v) is 2.73. The monoisotopic (exact) mass is 348 g/mol. The number of ether oxygens (including phenoxy) is 2.